The van der Waals surface area contributed by atoms with E-state index in [1.807, 2.05) is 0 Å². The molecular formula is C16H15ClN2O3S. The summed E-state index contributed by atoms with van der Waals surface area (Å²) in [5, 5.41) is 10.9. The predicted octanol–water partition coefficient (Wildman–Crippen LogP) is 3.49. The molecule has 0 fully saturated rings. The van der Waals surface area contributed by atoms with Crippen LogP contribution >= 0.6 is 11.6 Å². The molecule has 5 nitrogen and oxygen atoms in total. The third-order valence-corrected chi connectivity index (χ3v) is 6.88. The van der Waals surface area contributed by atoms with E-state index in [4.69, 9.17) is 11.6 Å². The maximum atomic E-state index is 13.1. The molecule has 0 saturated heterocycles. The van der Waals surface area contributed by atoms with Crippen molar-refractivity contribution in [3.63, 3.8) is 0 Å². The molecule has 1 aliphatic rings. The van der Waals surface area contributed by atoms with Crippen LogP contribution in [0.3, 0.4) is 0 Å². The molecule has 120 valence electrons. The summed E-state index contributed by atoms with van der Waals surface area (Å²) in [4.78, 5) is 7.96. The molecule has 3 rings (SSSR count). The molecule has 1 N–H and O–H groups in total. The number of rotatable bonds is 1. The number of hydrogen-bond acceptors (Lipinski definition) is 5. The molecule has 0 atom stereocenters. The molecule has 0 spiro atoms. The summed E-state index contributed by atoms with van der Waals surface area (Å²) in [7, 11) is -3.85. The summed E-state index contributed by atoms with van der Waals surface area (Å²) >= 11 is 5.85. The normalized spacial score (nSPS) is 18.6. The molecule has 0 unspecified atom stereocenters. The molecule has 0 amide bonds. The molecular weight excluding hydrogens is 336 g/mol. The Kier molecular flexibility index (Phi) is 3.50. The molecule has 23 heavy (non-hydrogen) atoms. The number of aliphatic hydroxyl groups is 1. The lowest BCUT2D eigenvalue weighted by Gasteiger charge is -2.33. The Morgan fingerprint density at radius 3 is 2.61 bits per heavy atom. The largest absolute Gasteiger partial charge is 0.504 e. The monoisotopic (exact) mass is 350 g/mol. The summed E-state index contributed by atoms with van der Waals surface area (Å²) in [6, 6.07) is 4.89. The van der Waals surface area contributed by atoms with Crippen molar-refractivity contribution >= 4 is 32.1 Å². The number of aryl methyl sites for hydroxylation is 1. The van der Waals surface area contributed by atoms with Crippen molar-refractivity contribution in [3.8, 4) is 0 Å². The minimum Gasteiger partial charge on any atom is -0.504 e. The van der Waals surface area contributed by atoms with Crippen molar-refractivity contribution < 1.29 is 13.5 Å². The molecule has 7 heteroatoms. The third kappa shape index (κ3) is 2.16. The summed E-state index contributed by atoms with van der Waals surface area (Å²) in [6.07, 6.45) is 2.89. The SMILES string of the molecule is Cc1cc(Cl)ncc1C1=C(O)c2ncccc2C(C)(C)S1(=O)=O. The molecule has 3 heterocycles. The van der Waals surface area contributed by atoms with E-state index in [1.54, 1.807) is 39.0 Å². The molecule has 0 saturated carbocycles. The summed E-state index contributed by atoms with van der Waals surface area (Å²) in [5.74, 6) is -0.354. The highest BCUT2D eigenvalue weighted by Gasteiger charge is 2.47. The summed E-state index contributed by atoms with van der Waals surface area (Å²) in [5.41, 5.74) is 1.69. The predicted molar refractivity (Wildman–Crippen MR) is 89.6 cm³/mol. The van der Waals surface area contributed by atoms with Crippen LogP contribution in [-0.4, -0.2) is 23.5 Å². The molecule has 1 aliphatic heterocycles. The average Bonchev–Trinajstić information content (AvgIpc) is 2.48. The summed E-state index contributed by atoms with van der Waals surface area (Å²) in [6.45, 7) is 4.93. The first-order chi connectivity index (χ1) is 10.7. The van der Waals surface area contributed by atoms with Crippen molar-refractivity contribution in [3.05, 3.63) is 58.1 Å². The fourth-order valence-electron chi connectivity index (χ4n) is 2.75. The van der Waals surface area contributed by atoms with Crippen LogP contribution in [0.5, 0.6) is 0 Å². The second kappa shape index (κ2) is 5.04. The van der Waals surface area contributed by atoms with Crippen LogP contribution in [0.2, 0.25) is 5.15 Å². The van der Waals surface area contributed by atoms with Gasteiger partial charge < -0.3 is 5.11 Å². The van der Waals surface area contributed by atoms with Crippen LogP contribution in [0.25, 0.3) is 10.7 Å². The lowest BCUT2D eigenvalue weighted by Crippen LogP contribution is -2.35. The van der Waals surface area contributed by atoms with Gasteiger partial charge in [0.1, 0.15) is 15.8 Å². The van der Waals surface area contributed by atoms with Crippen LogP contribution in [0.1, 0.15) is 36.2 Å². The Morgan fingerprint density at radius 1 is 1.26 bits per heavy atom. The smallest absolute Gasteiger partial charge is 0.192 e. The van der Waals surface area contributed by atoms with E-state index in [0.29, 0.717) is 16.7 Å². The standard InChI is InChI=1S/C16H15ClN2O3S/c1-9-7-12(17)19-8-10(9)15-14(20)13-11(5-4-6-18-13)16(2,3)23(15,21)22/h4-8,20H,1-3H3. The lowest BCUT2D eigenvalue weighted by atomic mass is 9.97. The summed E-state index contributed by atoms with van der Waals surface area (Å²) < 4.78 is 25.1. The van der Waals surface area contributed by atoms with Crippen molar-refractivity contribution in [2.24, 2.45) is 0 Å². The highest BCUT2D eigenvalue weighted by atomic mass is 35.5. The van der Waals surface area contributed by atoms with E-state index in [2.05, 4.69) is 9.97 Å². The fourth-order valence-corrected chi connectivity index (χ4v) is 4.78. The van der Waals surface area contributed by atoms with Gasteiger partial charge in [0.05, 0.1) is 4.75 Å². The molecule has 0 aromatic carbocycles. The zero-order valence-corrected chi connectivity index (χ0v) is 14.4. The maximum absolute atomic E-state index is 13.1. The zero-order valence-electron chi connectivity index (χ0n) is 12.8. The van der Waals surface area contributed by atoms with Gasteiger partial charge in [-0.3, -0.25) is 4.98 Å². The fraction of sp³-hybridized carbons (Fsp3) is 0.250. The van der Waals surface area contributed by atoms with Crippen LogP contribution < -0.4 is 0 Å². The second-order valence-corrected chi connectivity index (χ2v) is 8.74. The minimum absolute atomic E-state index is 0.157. The van der Waals surface area contributed by atoms with Gasteiger partial charge in [0.15, 0.2) is 15.6 Å². The van der Waals surface area contributed by atoms with Crippen molar-refractivity contribution in [1.82, 2.24) is 9.97 Å². The van der Waals surface area contributed by atoms with Gasteiger partial charge in [-0.15, -0.1) is 0 Å². The van der Waals surface area contributed by atoms with E-state index >= 15 is 0 Å². The van der Waals surface area contributed by atoms with E-state index in [-0.39, 0.29) is 21.5 Å². The molecule has 0 bridgehead atoms. The van der Waals surface area contributed by atoms with E-state index in [1.165, 1.54) is 12.4 Å². The Labute approximate surface area is 139 Å². The number of sulfone groups is 1. The van der Waals surface area contributed by atoms with Gasteiger partial charge in [-0.2, -0.15) is 0 Å². The minimum atomic E-state index is -3.85. The zero-order chi connectivity index (χ0) is 17.0. The van der Waals surface area contributed by atoms with Crippen molar-refractivity contribution in [1.29, 1.82) is 0 Å². The Morgan fingerprint density at radius 2 is 1.96 bits per heavy atom. The lowest BCUT2D eigenvalue weighted by molar-refractivity contribution is 0.501. The highest BCUT2D eigenvalue weighted by Crippen LogP contribution is 2.47. The number of aromatic nitrogens is 2. The Hall–Kier alpha value is -1.92. The van der Waals surface area contributed by atoms with E-state index < -0.39 is 14.6 Å². The molecule has 2 aromatic rings. The maximum Gasteiger partial charge on any atom is 0.192 e. The number of halogens is 1. The van der Waals surface area contributed by atoms with Gasteiger partial charge in [0.25, 0.3) is 0 Å². The highest BCUT2D eigenvalue weighted by molar-refractivity contribution is 8.01. The number of fused-ring (bicyclic) bond motifs is 1. The number of pyridine rings is 2. The number of nitrogens with zero attached hydrogens (tertiary/aromatic N) is 2. The van der Waals surface area contributed by atoms with Crippen LogP contribution in [0.15, 0.2) is 30.6 Å². The van der Waals surface area contributed by atoms with E-state index in [9.17, 15) is 13.5 Å². The second-order valence-electron chi connectivity index (χ2n) is 5.91. The average molecular weight is 351 g/mol. The van der Waals surface area contributed by atoms with Crippen molar-refractivity contribution in [2.45, 2.75) is 25.5 Å². The third-order valence-electron chi connectivity index (χ3n) is 4.16. The topological polar surface area (TPSA) is 80.2 Å². The molecule has 0 radical (unpaired) electrons. The van der Waals surface area contributed by atoms with Gasteiger partial charge in [0.2, 0.25) is 0 Å². The van der Waals surface area contributed by atoms with Crippen LogP contribution in [0, 0.1) is 6.92 Å². The van der Waals surface area contributed by atoms with Gasteiger partial charge in [-0.1, -0.05) is 17.7 Å². The van der Waals surface area contributed by atoms with Gasteiger partial charge in [-0.25, -0.2) is 13.4 Å². The van der Waals surface area contributed by atoms with E-state index in [0.717, 1.165) is 0 Å². The van der Waals surface area contributed by atoms with Gasteiger partial charge >= 0.3 is 0 Å². The van der Waals surface area contributed by atoms with Gasteiger partial charge in [0, 0.05) is 23.5 Å². The molecule has 0 aliphatic carbocycles. The first kappa shape index (κ1) is 16.0. The van der Waals surface area contributed by atoms with Crippen LogP contribution in [-0.2, 0) is 14.6 Å². The quantitative estimate of drug-likeness (QED) is 0.796. The first-order valence-corrected chi connectivity index (χ1v) is 8.80. The molecule has 2 aromatic heterocycles. The van der Waals surface area contributed by atoms with Crippen molar-refractivity contribution in [2.75, 3.05) is 0 Å². The van der Waals surface area contributed by atoms with Crippen LogP contribution in [0.4, 0.5) is 0 Å². The number of hydrogen-bond donors (Lipinski definition) is 1. The Balaban J connectivity index is 2.44. The first-order valence-electron chi connectivity index (χ1n) is 6.94. The Bertz CT molecular complexity index is 950. The van der Waals surface area contributed by atoms with Gasteiger partial charge in [-0.05, 0) is 38.5 Å². The number of aliphatic hydroxyl groups excluding tert-OH is 1.